The van der Waals surface area contributed by atoms with E-state index >= 15 is 0 Å². The van der Waals surface area contributed by atoms with E-state index < -0.39 is 11.7 Å². The van der Waals surface area contributed by atoms with Crippen molar-refractivity contribution < 1.29 is 13.2 Å². The number of hydrogen-bond acceptors (Lipinski definition) is 3. The number of hydrogen-bond donors (Lipinski definition) is 1. The van der Waals surface area contributed by atoms with Crippen LogP contribution in [0.4, 0.5) is 24.8 Å². The molecule has 5 rings (SSSR count). The number of piperazine rings is 1. The molecule has 7 heteroatoms. The number of nitrogens with zero attached hydrogens (tertiary/aromatic N) is 3. The number of fused-ring (bicyclic) bond motifs is 2. The molecule has 1 saturated heterocycles. The lowest BCUT2D eigenvalue weighted by Crippen LogP contribution is -2.47. The van der Waals surface area contributed by atoms with Gasteiger partial charge in [0.05, 0.1) is 16.6 Å². The number of imidazole rings is 1. The molecule has 0 saturated carbocycles. The molecule has 1 fully saturated rings. The first kappa shape index (κ1) is 17.8. The van der Waals surface area contributed by atoms with Crippen molar-refractivity contribution in [1.29, 1.82) is 0 Å². The molecule has 4 aromatic rings. The molecule has 148 valence electrons. The Morgan fingerprint density at radius 2 is 1.55 bits per heavy atom. The average Bonchev–Trinajstić information content (AvgIpc) is 3.16. The summed E-state index contributed by atoms with van der Waals surface area (Å²) in [7, 11) is 0. The van der Waals surface area contributed by atoms with Crippen LogP contribution in [0.1, 0.15) is 5.56 Å². The second kappa shape index (κ2) is 6.69. The van der Waals surface area contributed by atoms with Gasteiger partial charge in [0.1, 0.15) is 0 Å². The fourth-order valence-electron chi connectivity index (χ4n) is 3.97. The summed E-state index contributed by atoms with van der Waals surface area (Å²) in [5, 5.41) is 2.44. The first-order valence-corrected chi connectivity index (χ1v) is 9.54. The highest BCUT2D eigenvalue weighted by Gasteiger charge is 2.31. The van der Waals surface area contributed by atoms with Crippen LogP contribution in [0.2, 0.25) is 0 Å². The van der Waals surface area contributed by atoms with Crippen LogP contribution >= 0.6 is 0 Å². The molecule has 0 atom stereocenters. The molecule has 3 aromatic carbocycles. The van der Waals surface area contributed by atoms with Crippen molar-refractivity contribution in [3.05, 3.63) is 66.2 Å². The first-order chi connectivity index (χ1) is 14.0. The van der Waals surface area contributed by atoms with Crippen LogP contribution in [0.15, 0.2) is 60.7 Å². The number of halogens is 3. The van der Waals surface area contributed by atoms with Crippen LogP contribution in [0.25, 0.3) is 21.8 Å². The maximum absolute atomic E-state index is 12.9. The summed E-state index contributed by atoms with van der Waals surface area (Å²) in [6.07, 6.45) is -4.36. The van der Waals surface area contributed by atoms with Gasteiger partial charge in [0.15, 0.2) is 0 Å². The van der Waals surface area contributed by atoms with E-state index in [4.69, 9.17) is 0 Å². The molecule has 2 heterocycles. The molecule has 0 bridgehead atoms. The molecule has 0 unspecified atom stereocenters. The lowest BCUT2D eigenvalue weighted by molar-refractivity contribution is -0.137. The second-order valence-electron chi connectivity index (χ2n) is 7.26. The maximum atomic E-state index is 12.9. The zero-order valence-electron chi connectivity index (χ0n) is 15.6. The highest BCUT2D eigenvalue weighted by atomic mass is 19.4. The van der Waals surface area contributed by atoms with E-state index in [1.807, 2.05) is 12.1 Å². The van der Waals surface area contributed by atoms with Crippen molar-refractivity contribution in [2.75, 3.05) is 36.0 Å². The van der Waals surface area contributed by atoms with Crippen LogP contribution in [0.3, 0.4) is 0 Å². The standard InChI is InChI=1S/C22H19F3N4/c23-22(24,25)16-8-9-18-19(14-16)27-21(26-18)29-12-10-28(11-13-29)20-7-3-5-15-4-1-2-6-17(15)20/h1-9,14H,10-13H2,(H,26,27). The van der Waals surface area contributed by atoms with Crippen LogP contribution in [-0.4, -0.2) is 36.1 Å². The van der Waals surface area contributed by atoms with Gasteiger partial charge in [-0.1, -0.05) is 36.4 Å². The first-order valence-electron chi connectivity index (χ1n) is 9.54. The number of aromatic nitrogens is 2. The Morgan fingerprint density at radius 3 is 2.34 bits per heavy atom. The minimum atomic E-state index is -4.36. The van der Waals surface area contributed by atoms with Crippen LogP contribution in [0.5, 0.6) is 0 Å². The van der Waals surface area contributed by atoms with Gasteiger partial charge in [-0.2, -0.15) is 13.2 Å². The Hall–Kier alpha value is -3.22. The molecule has 0 amide bonds. The molecular weight excluding hydrogens is 377 g/mol. The number of aromatic amines is 1. The molecule has 0 spiro atoms. The third kappa shape index (κ3) is 3.26. The number of H-pyrrole nitrogens is 1. The predicted molar refractivity (Wildman–Crippen MR) is 109 cm³/mol. The normalized spacial score (nSPS) is 15.4. The summed E-state index contributed by atoms with van der Waals surface area (Å²) in [6, 6.07) is 18.3. The summed E-state index contributed by atoms with van der Waals surface area (Å²) in [4.78, 5) is 12.0. The SMILES string of the molecule is FC(F)(F)c1ccc2nc(N3CCN(c4cccc5ccccc45)CC3)[nH]c2c1. The third-order valence-corrected chi connectivity index (χ3v) is 5.48. The second-order valence-corrected chi connectivity index (χ2v) is 7.26. The molecule has 29 heavy (non-hydrogen) atoms. The monoisotopic (exact) mass is 396 g/mol. The van der Waals surface area contributed by atoms with Gasteiger partial charge in [-0.15, -0.1) is 0 Å². The number of anilines is 2. The predicted octanol–water partition coefficient (Wildman–Crippen LogP) is 5.06. The van der Waals surface area contributed by atoms with Crippen molar-refractivity contribution in [2.24, 2.45) is 0 Å². The molecule has 1 N–H and O–H groups in total. The van der Waals surface area contributed by atoms with Crippen molar-refractivity contribution in [1.82, 2.24) is 9.97 Å². The number of rotatable bonds is 2. The Morgan fingerprint density at radius 1 is 0.828 bits per heavy atom. The highest BCUT2D eigenvalue weighted by Crippen LogP contribution is 2.32. The largest absolute Gasteiger partial charge is 0.416 e. The zero-order valence-corrected chi connectivity index (χ0v) is 15.6. The van der Waals surface area contributed by atoms with E-state index in [-0.39, 0.29) is 0 Å². The number of nitrogens with one attached hydrogen (secondary N) is 1. The van der Waals surface area contributed by atoms with Crippen LogP contribution in [0, 0.1) is 0 Å². The van der Waals surface area contributed by atoms with Crippen LogP contribution in [-0.2, 0) is 6.18 Å². The number of alkyl halides is 3. The maximum Gasteiger partial charge on any atom is 0.416 e. The van der Waals surface area contributed by atoms with Gasteiger partial charge < -0.3 is 14.8 Å². The van der Waals surface area contributed by atoms with Crippen molar-refractivity contribution in [3.63, 3.8) is 0 Å². The van der Waals surface area contributed by atoms with Gasteiger partial charge >= 0.3 is 6.18 Å². The smallest absolute Gasteiger partial charge is 0.367 e. The van der Waals surface area contributed by atoms with E-state index in [0.29, 0.717) is 17.0 Å². The molecule has 4 nitrogen and oxygen atoms in total. The average molecular weight is 396 g/mol. The highest BCUT2D eigenvalue weighted by molar-refractivity contribution is 5.94. The third-order valence-electron chi connectivity index (χ3n) is 5.48. The van der Waals surface area contributed by atoms with Crippen molar-refractivity contribution in [3.8, 4) is 0 Å². The lowest BCUT2D eigenvalue weighted by atomic mass is 10.1. The molecule has 1 aliphatic heterocycles. The topological polar surface area (TPSA) is 35.2 Å². The minimum Gasteiger partial charge on any atom is -0.367 e. The Kier molecular flexibility index (Phi) is 4.12. The van der Waals surface area contributed by atoms with Crippen molar-refractivity contribution >= 4 is 33.4 Å². The molecule has 0 radical (unpaired) electrons. The summed E-state index contributed by atoms with van der Waals surface area (Å²) in [5.41, 5.74) is 1.50. The van der Waals surface area contributed by atoms with Gasteiger partial charge in [0.2, 0.25) is 5.95 Å². The number of benzene rings is 3. The van der Waals surface area contributed by atoms with E-state index in [1.165, 1.54) is 22.5 Å². The molecular formula is C22H19F3N4. The molecule has 0 aliphatic carbocycles. The van der Waals surface area contributed by atoms with Gasteiger partial charge in [0.25, 0.3) is 0 Å². The van der Waals surface area contributed by atoms with Crippen molar-refractivity contribution in [2.45, 2.75) is 6.18 Å². The molecule has 1 aromatic heterocycles. The summed E-state index contributed by atoms with van der Waals surface area (Å²) >= 11 is 0. The Labute approximate surface area is 165 Å². The van der Waals surface area contributed by atoms with Crippen LogP contribution < -0.4 is 9.80 Å². The fraction of sp³-hybridized carbons (Fsp3) is 0.227. The van der Waals surface area contributed by atoms with Gasteiger partial charge in [0, 0.05) is 37.3 Å². The minimum absolute atomic E-state index is 0.409. The van der Waals surface area contributed by atoms with E-state index in [1.54, 1.807) is 0 Å². The fourth-order valence-corrected chi connectivity index (χ4v) is 3.97. The molecule has 1 aliphatic rings. The summed E-state index contributed by atoms with van der Waals surface area (Å²) in [6.45, 7) is 3.13. The quantitative estimate of drug-likeness (QED) is 0.514. The van der Waals surface area contributed by atoms with E-state index in [2.05, 4.69) is 50.1 Å². The summed E-state index contributed by atoms with van der Waals surface area (Å²) in [5.74, 6) is 0.622. The van der Waals surface area contributed by atoms with E-state index in [0.717, 1.165) is 38.3 Å². The van der Waals surface area contributed by atoms with Gasteiger partial charge in [-0.05, 0) is 29.7 Å². The lowest BCUT2D eigenvalue weighted by Gasteiger charge is -2.36. The van der Waals surface area contributed by atoms with Gasteiger partial charge in [-0.3, -0.25) is 0 Å². The Balaban J connectivity index is 1.36. The zero-order chi connectivity index (χ0) is 20.0. The summed E-state index contributed by atoms with van der Waals surface area (Å²) < 4.78 is 38.8. The van der Waals surface area contributed by atoms with Gasteiger partial charge in [-0.25, -0.2) is 4.98 Å². The van der Waals surface area contributed by atoms with E-state index in [9.17, 15) is 13.2 Å². The Bertz CT molecular complexity index is 1170.